The monoisotopic (exact) mass is 372 g/mol. The highest BCUT2D eigenvalue weighted by molar-refractivity contribution is 7.98. The van der Waals surface area contributed by atoms with Crippen LogP contribution in [0.4, 0.5) is 0 Å². The molecule has 0 spiro atoms. The van der Waals surface area contributed by atoms with Crippen LogP contribution in [0.5, 0.6) is 0 Å². The standard InChI is InChI=1S/C16H28N4O2S2/c1-4-18-16(19-11-5-6-12-23-3)20-13-14-7-9-15(10-8-14)24(21,22)17-2/h7-10,17H,4-6,11-13H2,1-3H3,(H2,18,19,20). The summed E-state index contributed by atoms with van der Waals surface area (Å²) in [5.41, 5.74) is 0.963. The first-order valence-electron chi connectivity index (χ1n) is 8.07. The lowest BCUT2D eigenvalue weighted by molar-refractivity contribution is 0.588. The van der Waals surface area contributed by atoms with Crippen LogP contribution in [0.25, 0.3) is 0 Å². The highest BCUT2D eigenvalue weighted by Crippen LogP contribution is 2.10. The van der Waals surface area contributed by atoms with E-state index in [1.807, 2.05) is 18.7 Å². The molecule has 0 saturated heterocycles. The summed E-state index contributed by atoms with van der Waals surface area (Å²) in [6.07, 6.45) is 4.42. The van der Waals surface area contributed by atoms with Gasteiger partial charge in [0.25, 0.3) is 0 Å². The van der Waals surface area contributed by atoms with Gasteiger partial charge in [-0.2, -0.15) is 11.8 Å². The van der Waals surface area contributed by atoms with E-state index in [1.54, 1.807) is 24.3 Å². The maximum absolute atomic E-state index is 11.7. The van der Waals surface area contributed by atoms with Crippen LogP contribution in [0.15, 0.2) is 34.2 Å². The number of rotatable bonds is 10. The van der Waals surface area contributed by atoms with E-state index in [0.29, 0.717) is 6.54 Å². The molecule has 1 rings (SSSR count). The van der Waals surface area contributed by atoms with Crippen molar-refractivity contribution in [2.75, 3.05) is 32.1 Å². The predicted molar refractivity (Wildman–Crippen MR) is 103 cm³/mol. The summed E-state index contributed by atoms with van der Waals surface area (Å²) in [7, 11) is -1.98. The summed E-state index contributed by atoms with van der Waals surface area (Å²) in [6.45, 7) is 4.23. The number of aliphatic imine (C=N–C) groups is 1. The van der Waals surface area contributed by atoms with Crippen LogP contribution >= 0.6 is 11.8 Å². The summed E-state index contributed by atoms with van der Waals surface area (Å²) < 4.78 is 25.7. The van der Waals surface area contributed by atoms with Crippen LogP contribution in [0.3, 0.4) is 0 Å². The van der Waals surface area contributed by atoms with Gasteiger partial charge in [-0.1, -0.05) is 12.1 Å². The third-order valence-corrected chi connectivity index (χ3v) is 5.46. The van der Waals surface area contributed by atoms with E-state index in [4.69, 9.17) is 0 Å². The van der Waals surface area contributed by atoms with Crippen LogP contribution < -0.4 is 15.4 Å². The van der Waals surface area contributed by atoms with Gasteiger partial charge in [0.1, 0.15) is 0 Å². The lowest BCUT2D eigenvalue weighted by atomic mass is 10.2. The van der Waals surface area contributed by atoms with Crippen molar-refractivity contribution in [3.63, 3.8) is 0 Å². The number of unbranched alkanes of at least 4 members (excludes halogenated alkanes) is 1. The number of hydrogen-bond acceptors (Lipinski definition) is 4. The number of sulfonamides is 1. The van der Waals surface area contributed by atoms with Gasteiger partial charge in [0.05, 0.1) is 11.4 Å². The number of guanidine groups is 1. The first kappa shape index (κ1) is 20.8. The topological polar surface area (TPSA) is 82.6 Å². The number of benzene rings is 1. The lowest BCUT2D eigenvalue weighted by Crippen LogP contribution is -2.37. The van der Waals surface area contributed by atoms with Crippen molar-refractivity contribution >= 4 is 27.7 Å². The third-order valence-electron chi connectivity index (χ3n) is 3.33. The Bertz CT molecular complexity index is 601. The average molecular weight is 373 g/mol. The van der Waals surface area contributed by atoms with Crippen LogP contribution in [0.2, 0.25) is 0 Å². The van der Waals surface area contributed by atoms with Gasteiger partial charge in [-0.25, -0.2) is 18.1 Å². The van der Waals surface area contributed by atoms with Crippen molar-refractivity contribution in [2.24, 2.45) is 4.99 Å². The van der Waals surface area contributed by atoms with Gasteiger partial charge in [0.15, 0.2) is 5.96 Å². The second-order valence-corrected chi connectivity index (χ2v) is 8.05. The minimum Gasteiger partial charge on any atom is -0.357 e. The molecule has 0 aliphatic carbocycles. The van der Waals surface area contributed by atoms with Crippen molar-refractivity contribution in [2.45, 2.75) is 31.2 Å². The highest BCUT2D eigenvalue weighted by atomic mass is 32.2. The molecular weight excluding hydrogens is 344 g/mol. The first-order valence-corrected chi connectivity index (χ1v) is 10.9. The molecule has 24 heavy (non-hydrogen) atoms. The van der Waals surface area contributed by atoms with E-state index < -0.39 is 10.0 Å². The number of nitrogens with one attached hydrogen (secondary N) is 3. The normalized spacial score (nSPS) is 12.2. The zero-order valence-corrected chi connectivity index (χ0v) is 16.3. The van der Waals surface area contributed by atoms with Gasteiger partial charge >= 0.3 is 0 Å². The first-order chi connectivity index (χ1) is 11.5. The molecule has 0 heterocycles. The van der Waals surface area contributed by atoms with Crippen molar-refractivity contribution in [1.82, 2.24) is 15.4 Å². The number of nitrogens with zero attached hydrogens (tertiary/aromatic N) is 1. The molecule has 0 amide bonds. The molecule has 0 aromatic heterocycles. The van der Waals surface area contributed by atoms with Crippen LogP contribution in [-0.4, -0.2) is 46.5 Å². The molecule has 0 unspecified atom stereocenters. The Labute approximate surface area is 150 Å². The largest absolute Gasteiger partial charge is 0.357 e. The van der Waals surface area contributed by atoms with Crippen LogP contribution in [0.1, 0.15) is 25.3 Å². The lowest BCUT2D eigenvalue weighted by Gasteiger charge is -2.11. The van der Waals surface area contributed by atoms with E-state index in [-0.39, 0.29) is 4.90 Å². The second kappa shape index (κ2) is 11.3. The molecule has 3 N–H and O–H groups in total. The maximum atomic E-state index is 11.7. The van der Waals surface area contributed by atoms with Gasteiger partial charge in [0, 0.05) is 13.1 Å². The quantitative estimate of drug-likeness (QED) is 0.331. The van der Waals surface area contributed by atoms with Crippen molar-refractivity contribution < 1.29 is 8.42 Å². The fraction of sp³-hybridized carbons (Fsp3) is 0.562. The van der Waals surface area contributed by atoms with Crippen LogP contribution in [0, 0.1) is 0 Å². The minimum atomic E-state index is -3.39. The van der Waals surface area contributed by atoms with Crippen molar-refractivity contribution in [3.05, 3.63) is 29.8 Å². The molecule has 0 saturated carbocycles. The van der Waals surface area contributed by atoms with E-state index in [1.165, 1.54) is 19.2 Å². The predicted octanol–water partition coefficient (Wildman–Crippen LogP) is 1.79. The Hall–Kier alpha value is -1.25. The molecule has 1 aromatic carbocycles. The summed E-state index contributed by atoms with van der Waals surface area (Å²) in [5, 5.41) is 6.53. The minimum absolute atomic E-state index is 0.261. The zero-order chi connectivity index (χ0) is 17.8. The highest BCUT2D eigenvalue weighted by Gasteiger charge is 2.10. The fourth-order valence-electron chi connectivity index (χ4n) is 1.98. The van der Waals surface area contributed by atoms with Gasteiger partial charge in [0.2, 0.25) is 10.0 Å². The summed E-state index contributed by atoms with van der Waals surface area (Å²) in [6, 6.07) is 6.77. The molecule has 8 heteroatoms. The van der Waals surface area contributed by atoms with E-state index in [2.05, 4.69) is 26.6 Å². The Morgan fingerprint density at radius 1 is 1.17 bits per heavy atom. The number of thioether (sulfide) groups is 1. The van der Waals surface area contributed by atoms with Crippen molar-refractivity contribution in [3.8, 4) is 0 Å². The second-order valence-electron chi connectivity index (χ2n) is 5.17. The van der Waals surface area contributed by atoms with Crippen molar-refractivity contribution in [1.29, 1.82) is 0 Å². The number of hydrogen-bond donors (Lipinski definition) is 3. The van der Waals surface area contributed by atoms with Gasteiger partial charge in [-0.05, 0) is 56.5 Å². The Balaban J connectivity index is 2.59. The fourth-order valence-corrected chi connectivity index (χ4v) is 3.21. The molecule has 136 valence electrons. The van der Waals surface area contributed by atoms with Crippen LogP contribution in [-0.2, 0) is 16.6 Å². The maximum Gasteiger partial charge on any atom is 0.240 e. The molecule has 0 aliphatic rings. The Kier molecular flexibility index (Phi) is 9.82. The summed E-state index contributed by atoms with van der Waals surface area (Å²) in [5.74, 6) is 1.96. The SMILES string of the molecule is CCNC(=NCc1ccc(S(=O)(=O)NC)cc1)NCCCCSC. The average Bonchev–Trinajstić information content (AvgIpc) is 2.59. The van der Waals surface area contributed by atoms with Gasteiger partial charge in [-0.3, -0.25) is 0 Å². The smallest absolute Gasteiger partial charge is 0.240 e. The summed E-state index contributed by atoms with van der Waals surface area (Å²) in [4.78, 5) is 4.80. The third kappa shape index (κ3) is 7.55. The van der Waals surface area contributed by atoms with E-state index in [0.717, 1.165) is 31.0 Å². The Morgan fingerprint density at radius 2 is 1.88 bits per heavy atom. The summed E-state index contributed by atoms with van der Waals surface area (Å²) >= 11 is 1.86. The Morgan fingerprint density at radius 3 is 2.46 bits per heavy atom. The molecule has 0 aliphatic heterocycles. The molecule has 6 nitrogen and oxygen atoms in total. The molecule has 0 atom stereocenters. The molecular formula is C16H28N4O2S2. The van der Waals surface area contributed by atoms with E-state index >= 15 is 0 Å². The zero-order valence-electron chi connectivity index (χ0n) is 14.6. The molecule has 0 radical (unpaired) electrons. The molecule has 0 fully saturated rings. The van der Waals surface area contributed by atoms with Gasteiger partial charge < -0.3 is 10.6 Å². The molecule has 1 aromatic rings. The van der Waals surface area contributed by atoms with Gasteiger partial charge in [-0.15, -0.1) is 0 Å². The van der Waals surface area contributed by atoms with E-state index in [9.17, 15) is 8.42 Å². The molecule has 0 bridgehead atoms.